The Morgan fingerprint density at radius 2 is 2.10 bits per heavy atom. The molecule has 112 valence electrons. The van der Waals surface area contributed by atoms with E-state index >= 15 is 0 Å². The summed E-state index contributed by atoms with van der Waals surface area (Å²) in [6.45, 7) is 9.82. The van der Waals surface area contributed by atoms with E-state index in [1.165, 1.54) is 24.8 Å². The maximum atomic E-state index is 4.67. The first-order chi connectivity index (χ1) is 9.60. The SMILES string of the molecule is CCC1CCN(c2ncc(Br)cc2CNC(C)C)CC1. The van der Waals surface area contributed by atoms with Crippen LogP contribution >= 0.6 is 15.9 Å². The fourth-order valence-electron chi connectivity index (χ4n) is 2.76. The lowest BCUT2D eigenvalue weighted by Gasteiger charge is -2.33. The van der Waals surface area contributed by atoms with Crippen LogP contribution in [-0.2, 0) is 6.54 Å². The van der Waals surface area contributed by atoms with Crippen molar-refractivity contribution in [2.24, 2.45) is 5.92 Å². The normalized spacial score (nSPS) is 16.9. The van der Waals surface area contributed by atoms with Crippen molar-refractivity contribution in [1.82, 2.24) is 10.3 Å². The van der Waals surface area contributed by atoms with Gasteiger partial charge in [-0.2, -0.15) is 0 Å². The van der Waals surface area contributed by atoms with Gasteiger partial charge in [-0.05, 0) is 40.8 Å². The summed E-state index contributed by atoms with van der Waals surface area (Å²) in [5, 5.41) is 3.50. The third-order valence-electron chi connectivity index (χ3n) is 4.10. The number of halogens is 1. The number of hydrogen-bond donors (Lipinski definition) is 1. The van der Waals surface area contributed by atoms with Gasteiger partial charge in [-0.15, -0.1) is 0 Å². The van der Waals surface area contributed by atoms with Crippen molar-refractivity contribution in [3.63, 3.8) is 0 Å². The molecule has 0 spiro atoms. The highest BCUT2D eigenvalue weighted by molar-refractivity contribution is 9.10. The summed E-state index contributed by atoms with van der Waals surface area (Å²) in [6.07, 6.45) is 5.82. The van der Waals surface area contributed by atoms with Crippen LogP contribution in [0.4, 0.5) is 5.82 Å². The molecular formula is C16H26BrN3. The van der Waals surface area contributed by atoms with Gasteiger partial charge in [0, 0.05) is 41.9 Å². The minimum atomic E-state index is 0.493. The smallest absolute Gasteiger partial charge is 0.133 e. The molecule has 0 atom stereocenters. The van der Waals surface area contributed by atoms with Gasteiger partial charge < -0.3 is 10.2 Å². The number of piperidine rings is 1. The van der Waals surface area contributed by atoms with E-state index in [1.807, 2.05) is 6.20 Å². The van der Waals surface area contributed by atoms with E-state index in [-0.39, 0.29) is 0 Å². The van der Waals surface area contributed by atoms with Crippen molar-refractivity contribution in [1.29, 1.82) is 0 Å². The molecular weight excluding hydrogens is 314 g/mol. The lowest BCUT2D eigenvalue weighted by molar-refractivity contribution is 0.393. The Kier molecular flexibility index (Phi) is 5.85. The molecule has 0 amide bonds. The Morgan fingerprint density at radius 1 is 1.40 bits per heavy atom. The Morgan fingerprint density at radius 3 is 2.70 bits per heavy atom. The maximum Gasteiger partial charge on any atom is 0.133 e. The summed E-state index contributed by atoms with van der Waals surface area (Å²) in [4.78, 5) is 7.12. The van der Waals surface area contributed by atoms with Crippen molar-refractivity contribution in [3.05, 3.63) is 22.3 Å². The highest BCUT2D eigenvalue weighted by Gasteiger charge is 2.21. The molecule has 1 N–H and O–H groups in total. The van der Waals surface area contributed by atoms with E-state index in [9.17, 15) is 0 Å². The van der Waals surface area contributed by atoms with E-state index in [0.717, 1.165) is 35.8 Å². The summed E-state index contributed by atoms with van der Waals surface area (Å²) in [5.41, 5.74) is 1.29. The molecule has 1 saturated heterocycles. The molecule has 1 aliphatic rings. The fourth-order valence-corrected chi connectivity index (χ4v) is 3.13. The van der Waals surface area contributed by atoms with E-state index < -0.39 is 0 Å². The highest BCUT2D eigenvalue weighted by Crippen LogP contribution is 2.27. The molecule has 0 saturated carbocycles. The van der Waals surface area contributed by atoms with Gasteiger partial charge in [0.05, 0.1) is 0 Å². The molecule has 0 bridgehead atoms. The molecule has 4 heteroatoms. The van der Waals surface area contributed by atoms with E-state index in [2.05, 4.69) is 58.0 Å². The number of anilines is 1. The molecule has 3 nitrogen and oxygen atoms in total. The molecule has 0 aliphatic carbocycles. The number of nitrogens with zero attached hydrogens (tertiary/aromatic N) is 2. The van der Waals surface area contributed by atoms with Crippen LogP contribution in [-0.4, -0.2) is 24.1 Å². The molecule has 1 aromatic heterocycles. The van der Waals surface area contributed by atoms with Crippen LogP contribution in [0.15, 0.2) is 16.7 Å². The summed E-state index contributed by atoms with van der Waals surface area (Å²) in [7, 11) is 0. The lowest BCUT2D eigenvalue weighted by Crippen LogP contribution is -2.35. The lowest BCUT2D eigenvalue weighted by atomic mass is 9.94. The van der Waals surface area contributed by atoms with Crippen LogP contribution in [0.2, 0.25) is 0 Å². The molecule has 1 fully saturated rings. The topological polar surface area (TPSA) is 28.2 Å². The third kappa shape index (κ3) is 4.19. The molecule has 2 heterocycles. The first-order valence-corrected chi connectivity index (χ1v) is 8.52. The van der Waals surface area contributed by atoms with Crippen molar-refractivity contribution < 1.29 is 0 Å². The Hall–Kier alpha value is -0.610. The predicted octanol–water partition coefficient (Wildman–Crippen LogP) is 3.97. The number of nitrogens with one attached hydrogen (secondary N) is 1. The number of hydrogen-bond acceptors (Lipinski definition) is 3. The van der Waals surface area contributed by atoms with Gasteiger partial charge in [-0.1, -0.05) is 27.2 Å². The maximum absolute atomic E-state index is 4.67. The Labute approximate surface area is 131 Å². The molecule has 1 aromatic rings. The van der Waals surface area contributed by atoms with Gasteiger partial charge >= 0.3 is 0 Å². The zero-order valence-electron chi connectivity index (χ0n) is 12.8. The van der Waals surface area contributed by atoms with Gasteiger partial charge in [0.1, 0.15) is 5.82 Å². The Balaban J connectivity index is 2.10. The average molecular weight is 340 g/mol. The second-order valence-corrected chi connectivity index (χ2v) is 6.93. The summed E-state index contributed by atoms with van der Waals surface area (Å²) in [5.74, 6) is 2.06. The second kappa shape index (κ2) is 7.41. The first kappa shape index (κ1) is 15.8. The first-order valence-electron chi connectivity index (χ1n) is 7.73. The van der Waals surface area contributed by atoms with Gasteiger partial charge in [0.15, 0.2) is 0 Å². The van der Waals surface area contributed by atoms with E-state index in [4.69, 9.17) is 0 Å². The minimum absolute atomic E-state index is 0.493. The van der Waals surface area contributed by atoms with Gasteiger partial charge in [0.2, 0.25) is 0 Å². The van der Waals surface area contributed by atoms with Crippen LogP contribution in [0, 0.1) is 5.92 Å². The minimum Gasteiger partial charge on any atom is -0.356 e. The monoisotopic (exact) mass is 339 g/mol. The van der Waals surface area contributed by atoms with Crippen LogP contribution in [0.1, 0.15) is 45.6 Å². The molecule has 0 unspecified atom stereocenters. The second-order valence-electron chi connectivity index (χ2n) is 6.01. The van der Waals surface area contributed by atoms with Crippen molar-refractivity contribution in [3.8, 4) is 0 Å². The summed E-state index contributed by atoms with van der Waals surface area (Å²) >= 11 is 3.54. The van der Waals surface area contributed by atoms with Crippen LogP contribution in [0.3, 0.4) is 0 Å². The zero-order valence-corrected chi connectivity index (χ0v) is 14.4. The molecule has 20 heavy (non-hydrogen) atoms. The third-order valence-corrected chi connectivity index (χ3v) is 4.54. The average Bonchev–Trinajstić information content (AvgIpc) is 2.45. The van der Waals surface area contributed by atoms with Crippen molar-refractivity contribution in [2.75, 3.05) is 18.0 Å². The number of rotatable bonds is 5. The largest absolute Gasteiger partial charge is 0.356 e. The van der Waals surface area contributed by atoms with Gasteiger partial charge in [-0.25, -0.2) is 4.98 Å². The van der Waals surface area contributed by atoms with Crippen molar-refractivity contribution in [2.45, 2.75) is 52.6 Å². The zero-order chi connectivity index (χ0) is 14.5. The Bertz CT molecular complexity index is 426. The number of pyridine rings is 1. The summed E-state index contributed by atoms with van der Waals surface area (Å²) < 4.78 is 1.06. The molecule has 0 radical (unpaired) electrons. The molecule has 0 aromatic carbocycles. The van der Waals surface area contributed by atoms with Crippen LogP contribution in [0.25, 0.3) is 0 Å². The molecule has 2 rings (SSSR count). The summed E-state index contributed by atoms with van der Waals surface area (Å²) in [6, 6.07) is 2.69. The predicted molar refractivity (Wildman–Crippen MR) is 89.1 cm³/mol. The fraction of sp³-hybridized carbons (Fsp3) is 0.688. The highest BCUT2D eigenvalue weighted by atomic mass is 79.9. The number of aromatic nitrogens is 1. The van der Waals surface area contributed by atoms with Gasteiger partial charge in [0.25, 0.3) is 0 Å². The van der Waals surface area contributed by atoms with E-state index in [0.29, 0.717) is 6.04 Å². The van der Waals surface area contributed by atoms with E-state index in [1.54, 1.807) is 0 Å². The van der Waals surface area contributed by atoms with Gasteiger partial charge in [-0.3, -0.25) is 0 Å². The quantitative estimate of drug-likeness (QED) is 0.879. The van der Waals surface area contributed by atoms with Crippen LogP contribution in [0.5, 0.6) is 0 Å². The molecule has 1 aliphatic heterocycles. The van der Waals surface area contributed by atoms with Crippen molar-refractivity contribution >= 4 is 21.7 Å². The van der Waals surface area contributed by atoms with Crippen LogP contribution < -0.4 is 10.2 Å². The standard InChI is InChI=1S/C16H26BrN3/c1-4-13-5-7-20(8-6-13)16-14(10-18-12(2)3)9-15(17)11-19-16/h9,11-13,18H,4-8,10H2,1-3H3.